The maximum absolute atomic E-state index is 13.5. The molecule has 0 bridgehead atoms. The first-order valence-electron chi connectivity index (χ1n) is 11.6. The summed E-state index contributed by atoms with van der Waals surface area (Å²) in [5, 5.41) is 10.8. The van der Waals surface area contributed by atoms with Crippen LogP contribution in [-0.2, 0) is 4.79 Å². The fraction of sp³-hybridized carbons (Fsp3) is 0.231. The lowest BCUT2D eigenvalue weighted by Gasteiger charge is -2.22. The maximum Gasteiger partial charge on any atom is 0.238 e. The van der Waals surface area contributed by atoms with E-state index in [1.54, 1.807) is 12.4 Å². The normalized spacial score (nSPS) is 15.0. The molecule has 5 rings (SSSR count). The van der Waals surface area contributed by atoms with Crippen LogP contribution >= 0.6 is 0 Å². The van der Waals surface area contributed by atoms with E-state index in [9.17, 15) is 9.18 Å². The van der Waals surface area contributed by atoms with Crippen LogP contribution < -0.4 is 16.4 Å². The number of anilines is 2. The molecule has 2 aromatic heterocycles. The van der Waals surface area contributed by atoms with Gasteiger partial charge in [-0.05, 0) is 55.8 Å². The maximum atomic E-state index is 13.5. The Labute approximate surface area is 202 Å². The molecule has 1 aliphatic heterocycles. The van der Waals surface area contributed by atoms with Crippen molar-refractivity contribution < 1.29 is 9.18 Å². The third kappa shape index (κ3) is 5.04. The van der Waals surface area contributed by atoms with Crippen molar-refractivity contribution in [3.8, 4) is 11.3 Å². The zero-order chi connectivity index (χ0) is 24.2. The lowest BCUT2D eigenvalue weighted by atomic mass is 9.94. The first kappa shape index (κ1) is 22.7. The van der Waals surface area contributed by atoms with Crippen LogP contribution in [0.1, 0.15) is 36.1 Å². The van der Waals surface area contributed by atoms with Gasteiger partial charge in [-0.3, -0.25) is 9.48 Å². The number of carbonyl (C=O) groups is 1. The highest BCUT2D eigenvalue weighted by Crippen LogP contribution is 2.30. The molecule has 178 valence electrons. The summed E-state index contributed by atoms with van der Waals surface area (Å²) in [6, 6.07) is 15.2. The van der Waals surface area contributed by atoms with Gasteiger partial charge in [0.25, 0.3) is 0 Å². The topological polar surface area (TPSA) is 111 Å². The van der Waals surface area contributed by atoms with Gasteiger partial charge in [0.05, 0.1) is 24.1 Å². The molecule has 4 N–H and O–H groups in total. The van der Waals surface area contributed by atoms with Crippen molar-refractivity contribution in [2.45, 2.75) is 24.8 Å². The summed E-state index contributed by atoms with van der Waals surface area (Å²) in [7, 11) is 0. The molecule has 1 aliphatic rings. The number of nitrogens with one attached hydrogen (secondary N) is 2. The van der Waals surface area contributed by atoms with Gasteiger partial charge in [0.15, 0.2) is 0 Å². The highest BCUT2D eigenvalue weighted by molar-refractivity contribution is 5.98. The van der Waals surface area contributed by atoms with Gasteiger partial charge in [-0.2, -0.15) is 5.10 Å². The van der Waals surface area contributed by atoms with E-state index in [4.69, 9.17) is 10.7 Å². The van der Waals surface area contributed by atoms with Crippen LogP contribution in [0.25, 0.3) is 11.3 Å². The third-order valence-electron chi connectivity index (χ3n) is 6.19. The molecule has 0 spiro atoms. The third-order valence-corrected chi connectivity index (χ3v) is 6.19. The van der Waals surface area contributed by atoms with Crippen molar-refractivity contribution in [3.63, 3.8) is 0 Å². The second-order valence-corrected chi connectivity index (χ2v) is 8.56. The van der Waals surface area contributed by atoms with Crippen LogP contribution in [0.15, 0.2) is 73.2 Å². The lowest BCUT2D eigenvalue weighted by Crippen LogP contribution is -2.29. The molecule has 0 radical (unpaired) electrons. The Kier molecular flexibility index (Phi) is 6.49. The number of nitrogen functional groups attached to an aromatic ring is 1. The first-order chi connectivity index (χ1) is 17.1. The number of halogens is 1. The lowest BCUT2D eigenvalue weighted by molar-refractivity contribution is -0.116. The van der Waals surface area contributed by atoms with Gasteiger partial charge in [0.1, 0.15) is 23.2 Å². The van der Waals surface area contributed by atoms with E-state index >= 15 is 0 Å². The molecular formula is C26H26FN7O. The van der Waals surface area contributed by atoms with E-state index in [0.717, 1.165) is 37.1 Å². The molecule has 3 heterocycles. The molecule has 1 saturated heterocycles. The number of hydrogen-bond donors (Lipinski definition) is 3. The Morgan fingerprint density at radius 3 is 2.57 bits per heavy atom. The number of aromatic nitrogens is 4. The molecule has 0 unspecified atom stereocenters. The summed E-state index contributed by atoms with van der Waals surface area (Å²) in [6.45, 7) is 1.93. The average Bonchev–Trinajstić information content (AvgIpc) is 3.38. The Balaban J connectivity index is 1.49. The van der Waals surface area contributed by atoms with Gasteiger partial charge in [0, 0.05) is 17.4 Å². The second-order valence-electron chi connectivity index (χ2n) is 8.56. The fourth-order valence-electron chi connectivity index (χ4n) is 4.33. The van der Waals surface area contributed by atoms with Crippen LogP contribution in [0.5, 0.6) is 0 Å². The number of rotatable bonds is 6. The molecule has 1 fully saturated rings. The van der Waals surface area contributed by atoms with Crippen molar-refractivity contribution in [2.24, 2.45) is 0 Å². The van der Waals surface area contributed by atoms with E-state index in [0.29, 0.717) is 23.1 Å². The summed E-state index contributed by atoms with van der Waals surface area (Å²) in [6.07, 6.45) is 7.36. The van der Waals surface area contributed by atoms with E-state index in [-0.39, 0.29) is 17.5 Å². The van der Waals surface area contributed by atoms with Crippen molar-refractivity contribution in [1.82, 2.24) is 25.1 Å². The Hall–Kier alpha value is -4.11. The minimum atomic E-state index is -0.812. The minimum absolute atomic E-state index is 0.169. The highest BCUT2D eigenvalue weighted by Gasteiger charge is 2.28. The van der Waals surface area contributed by atoms with Crippen LogP contribution in [0, 0.1) is 5.82 Å². The molecule has 9 heteroatoms. The van der Waals surface area contributed by atoms with Crippen LogP contribution in [-0.4, -0.2) is 38.7 Å². The standard InChI is InChI=1S/C26H26FN7O/c27-19-6-8-20(9-7-19)32-26(35)23(17-4-2-1-3-5-17)24-25(28)30-15-22(33-24)18-14-31-34(16-18)21-10-12-29-13-11-21/h1-9,14-16,21,23,29H,10-13H2,(H2,28,30)(H,32,35)/t23-/m1/s1. The minimum Gasteiger partial charge on any atom is -0.382 e. The highest BCUT2D eigenvalue weighted by atomic mass is 19.1. The van der Waals surface area contributed by atoms with E-state index in [1.165, 1.54) is 24.3 Å². The number of piperidine rings is 1. The molecule has 8 nitrogen and oxygen atoms in total. The van der Waals surface area contributed by atoms with Crippen molar-refractivity contribution in [3.05, 3.63) is 90.3 Å². The molecule has 4 aromatic rings. The number of hydrogen-bond acceptors (Lipinski definition) is 6. The molecular weight excluding hydrogens is 445 g/mol. The second kappa shape index (κ2) is 10.0. The van der Waals surface area contributed by atoms with Gasteiger partial charge in [-0.15, -0.1) is 0 Å². The predicted octanol–water partition coefficient (Wildman–Crippen LogP) is 3.76. The zero-order valence-electron chi connectivity index (χ0n) is 19.1. The fourth-order valence-corrected chi connectivity index (χ4v) is 4.33. The van der Waals surface area contributed by atoms with Crippen LogP contribution in [0.4, 0.5) is 15.9 Å². The van der Waals surface area contributed by atoms with Gasteiger partial charge >= 0.3 is 0 Å². The van der Waals surface area contributed by atoms with Crippen molar-refractivity contribution >= 4 is 17.4 Å². The van der Waals surface area contributed by atoms with E-state index in [2.05, 4.69) is 20.7 Å². The summed E-state index contributed by atoms with van der Waals surface area (Å²) in [5.74, 6) is -1.36. The molecule has 1 amide bonds. The Morgan fingerprint density at radius 1 is 1.09 bits per heavy atom. The van der Waals surface area contributed by atoms with Crippen molar-refractivity contribution in [1.29, 1.82) is 0 Å². The van der Waals surface area contributed by atoms with Gasteiger partial charge < -0.3 is 16.4 Å². The number of nitrogens with zero attached hydrogens (tertiary/aromatic N) is 4. The monoisotopic (exact) mass is 471 g/mol. The zero-order valence-corrected chi connectivity index (χ0v) is 19.1. The summed E-state index contributed by atoms with van der Waals surface area (Å²) in [4.78, 5) is 22.6. The van der Waals surface area contributed by atoms with Crippen molar-refractivity contribution in [2.75, 3.05) is 24.1 Å². The molecule has 1 atom stereocenters. The summed E-state index contributed by atoms with van der Waals surface area (Å²) >= 11 is 0. The smallest absolute Gasteiger partial charge is 0.238 e. The summed E-state index contributed by atoms with van der Waals surface area (Å²) in [5.41, 5.74) is 9.19. The van der Waals surface area contributed by atoms with Gasteiger partial charge in [-0.1, -0.05) is 30.3 Å². The van der Waals surface area contributed by atoms with Gasteiger partial charge in [-0.25, -0.2) is 14.4 Å². The molecule has 35 heavy (non-hydrogen) atoms. The number of nitrogens with two attached hydrogens (primary N) is 1. The summed E-state index contributed by atoms with van der Waals surface area (Å²) < 4.78 is 15.3. The van der Waals surface area contributed by atoms with Crippen LogP contribution in [0.3, 0.4) is 0 Å². The SMILES string of the molecule is Nc1ncc(-c2cnn(C3CCNCC3)c2)nc1[C@H](C(=O)Nc1ccc(F)cc1)c1ccccc1. The number of amides is 1. The van der Waals surface area contributed by atoms with Gasteiger partial charge in [0.2, 0.25) is 5.91 Å². The molecule has 0 saturated carbocycles. The first-order valence-corrected chi connectivity index (χ1v) is 11.6. The number of benzene rings is 2. The molecule has 2 aromatic carbocycles. The Bertz CT molecular complexity index is 1300. The van der Waals surface area contributed by atoms with E-state index in [1.807, 2.05) is 41.2 Å². The molecule has 0 aliphatic carbocycles. The predicted molar refractivity (Wildman–Crippen MR) is 132 cm³/mol. The van der Waals surface area contributed by atoms with Crippen LogP contribution in [0.2, 0.25) is 0 Å². The Morgan fingerprint density at radius 2 is 1.83 bits per heavy atom. The quantitative estimate of drug-likeness (QED) is 0.395. The average molecular weight is 472 g/mol. The van der Waals surface area contributed by atoms with E-state index < -0.39 is 5.92 Å². The largest absolute Gasteiger partial charge is 0.382 e. The number of carbonyl (C=O) groups excluding carboxylic acids is 1.